The van der Waals surface area contributed by atoms with Crippen LogP contribution in [0, 0.1) is 12.7 Å². The van der Waals surface area contributed by atoms with Gasteiger partial charge in [0.15, 0.2) is 0 Å². The number of hydrogen-bond acceptors (Lipinski definition) is 5. The zero-order chi connectivity index (χ0) is 28.7. The van der Waals surface area contributed by atoms with E-state index in [0.29, 0.717) is 16.3 Å². The summed E-state index contributed by atoms with van der Waals surface area (Å²) in [5.41, 5.74) is 3.70. The third-order valence-electron chi connectivity index (χ3n) is 7.08. The Morgan fingerprint density at radius 1 is 1.02 bits per heavy atom. The summed E-state index contributed by atoms with van der Waals surface area (Å²) in [5, 5.41) is 1.23. The minimum absolute atomic E-state index is 0.0691. The molecule has 1 unspecified atom stereocenters. The summed E-state index contributed by atoms with van der Waals surface area (Å²) in [7, 11) is 0. The third kappa shape index (κ3) is 5.12. The molecule has 1 saturated heterocycles. The van der Waals surface area contributed by atoms with Crippen molar-refractivity contribution in [2.45, 2.75) is 25.9 Å². The van der Waals surface area contributed by atoms with E-state index in [2.05, 4.69) is 6.07 Å². The van der Waals surface area contributed by atoms with E-state index in [4.69, 9.17) is 16.6 Å². The van der Waals surface area contributed by atoms with E-state index in [1.807, 2.05) is 31.2 Å². The van der Waals surface area contributed by atoms with Crippen LogP contribution in [0.2, 0.25) is 5.02 Å². The van der Waals surface area contributed by atoms with Crippen molar-refractivity contribution in [3.63, 3.8) is 0 Å². The number of aryl methyl sites for hydroxylation is 1. The molecule has 1 atom stereocenters. The van der Waals surface area contributed by atoms with E-state index in [9.17, 15) is 18.8 Å². The van der Waals surface area contributed by atoms with Gasteiger partial charge >= 0.3 is 0 Å². The standard InChI is InChI=1S/C32H23ClFN3O3S/c1-19-10-15-26-28(16-19)41-30(35-26)20-11-13-22(14-12-20)37-29(38)17-27(32(37)40)36(18-21-6-2-4-8-24(21)33)31(39)23-7-3-5-9-25(23)34/h2-16,27H,17-18H2,1H3. The number of imide groups is 1. The Morgan fingerprint density at radius 3 is 2.51 bits per heavy atom. The van der Waals surface area contributed by atoms with Gasteiger partial charge in [0.25, 0.3) is 11.8 Å². The van der Waals surface area contributed by atoms with Gasteiger partial charge in [-0.1, -0.05) is 48.0 Å². The molecule has 204 valence electrons. The zero-order valence-corrected chi connectivity index (χ0v) is 23.5. The highest BCUT2D eigenvalue weighted by Gasteiger charge is 2.45. The molecule has 1 fully saturated rings. The number of fused-ring (bicyclic) bond motifs is 1. The molecule has 4 aromatic carbocycles. The van der Waals surface area contributed by atoms with Crippen molar-refractivity contribution in [2.75, 3.05) is 4.90 Å². The molecular weight excluding hydrogens is 561 g/mol. The lowest BCUT2D eigenvalue weighted by Gasteiger charge is -2.28. The molecule has 6 rings (SSSR count). The summed E-state index contributed by atoms with van der Waals surface area (Å²) in [5.74, 6) is -2.42. The highest BCUT2D eigenvalue weighted by molar-refractivity contribution is 7.21. The van der Waals surface area contributed by atoms with E-state index in [-0.39, 0.29) is 18.5 Å². The summed E-state index contributed by atoms with van der Waals surface area (Å²) in [6, 6.07) is 24.5. The second-order valence-electron chi connectivity index (χ2n) is 9.83. The molecule has 0 bridgehead atoms. The number of rotatable bonds is 6. The van der Waals surface area contributed by atoms with Crippen LogP contribution >= 0.6 is 22.9 Å². The first kappa shape index (κ1) is 26.8. The van der Waals surface area contributed by atoms with Crippen LogP contribution in [0.15, 0.2) is 91.0 Å². The summed E-state index contributed by atoms with van der Waals surface area (Å²) in [6.07, 6.45) is -0.234. The van der Waals surface area contributed by atoms with Crippen molar-refractivity contribution in [1.82, 2.24) is 9.88 Å². The minimum Gasteiger partial charge on any atom is -0.322 e. The highest BCUT2D eigenvalue weighted by Crippen LogP contribution is 2.34. The van der Waals surface area contributed by atoms with Crippen LogP contribution < -0.4 is 4.90 Å². The Kier molecular flexibility index (Phi) is 7.11. The van der Waals surface area contributed by atoms with E-state index in [1.165, 1.54) is 23.1 Å². The number of halogens is 2. The number of aromatic nitrogens is 1. The third-order valence-corrected chi connectivity index (χ3v) is 8.52. The molecule has 0 radical (unpaired) electrons. The molecule has 9 heteroatoms. The van der Waals surface area contributed by atoms with Crippen molar-refractivity contribution in [1.29, 1.82) is 0 Å². The first-order valence-electron chi connectivity index (χ1n) is 12.9. The lowest BCUT2D eigenvalue weighted by molar-refractivity contribution is -0.122. The van der Waals surface area contributed by atoms with Crippen LogP contribution in [0.4, 0.5) is 10.1 Å². The van der Waals surface area contributed by atoms with Gasteiger partial charge in [-0.2, -0.15) is 0 Å². The normalized spacial score (nSPS) is 15.1. The van der Waals surface area contributed by atoms with Gasteiger partial charge in [-0.3, -0.25) is 14.4 Å². The van der Waals surface area contributed by atoms with E-state index < -0.39 is 29.6 Å². The molecule has 1 aliphatic rings. The maximum atomic E-state index is 14.6. The molecule has 0 saturated carbocycles. The lowest BCUT2D eigenvalue weighted by atomic mass is 10.1. The van der Waals surface area contributed by atoms with Gasteiger partial charge in [-0.15, -0.1) is 11.3 Å². The van der Waals surface area contributed by atoms with Gasteiger partial charge in [0.1, 0.15) is 16.9 Å². The van der Waals surface area contributed by atoms with Crippen molar-refractivity contribution < 1.29 is 18.8 Å². The summed E-state index contributed by atoms with van der Waals surface area (Å²) >= 11 is 7.93. The van der Waals surface area contributed by atoms with Gasteiger partial charge in [-0.25, -0.2) is 14.3 Å². The van der Waals surface area contributed by atoms with E-state index in [0.717, 1.165) is 31.3 Å². The molecule has 1 aliphatic heterocycles. The monoisotopic (exact) mass is 583 g/mol. The molecule has 0 N–H and O–H groups in total. The van der Waals surface area contributed by atoms with Crippen LogP contribution in [0.25, 0.3) is 20.8 Å². The topological polar surface area (TPSA) is 70.6 Å². The van der Waals surface area contributed by atoms with Gasteiger partial charge in [0.05, 0.1) is 27.9 Å². The number of nitrogens with zero attached hydrogens (tertiary/aromatic N) is 3. The van der Waals surface area contributed by atoms with Crippen LogP contribution in [-0.2, 0) is 16.1 Å². The number of thiazole rings is 1. The summed E-state index contributed by atoms with van der Waals surface area (Å²) in [4.78, 5) is 47.6. The van der Waals surface area contributed by atoms with Crippen molar-refractivity contribution in [3.05, 3.63) is 119 Å². The smallest absolute Gasteiger partial charge is 0.257 e. The number of carbonyl (C=O) groups excluding carboxylic acids is 3. The quantitative estimate of drug-likeness (QED) is 0.201. The Labute approximate surface area is 244 Å². The molecule has 0 aliphatic carbocycles. The van der Waals surface area contributed by atoms with Gasteiger partial charge < -0.3 is 4.90 Å². The molecule has 6 nitrogen and oxygen atoms in total. The number of benzene rings is 4. The first-order chi connectivity index (χ1) is 19.8. The SMILES string of the molecule is Cc1ccc2nc(-c3ccc(N4C(=O)CC(N(Cc5ccccc5Cl)C(=O)c5ccccc5F)C4=O)cc3)sc2c1. The Balaban J connectivity index is 1.30. The Hall–Kier alpha value is -4.40. The molecule has 1 aromatic heterocycles. The van der Waals surface area contributed by atoms with Crippen LogP contribution in [0.1, 0.15) is 27.9 Å². The van der Waals surface area contributed by atoms with Crippen LogP contribution in [0.5, 0.6) is 0 Å². The predicted octanol–water partition coefficient (Wildman–Crippen LogP) is 7.04. The van der Waals surface area contributed by atoms with E-state index >= 15 is 0 Å². The number of carbonyl (C=O) groups is 3. The minimum atomic E-state index is -1.13. The second kappa shape index (κ2) is 10.9. The molecule has 41 heavy (non-hydrogen) atoms. The lowest BCUT2D eigenvalue weighted by Crippen LogP contribution is -2.45. The average molecular weight is 584 g/mol. The highest BCUT2D eigenvalue weighted by atomic mass is 35.5. The van der Waals surface area contributed by atoms with Crippen molar-refractivity contribution in [3.8, 4) is 10.6 Å². The first-order valence-corrected chi connectivity index (χ1v) is 14.1. The fraction of sp³-hybridized carbons (Fsp3) is 0.125. The maximum absolute atomic E-state index is 14.6. The number of anilines is 1. The van der Waals surface area contributed by atoms with Gasteiger partial charge in [0.2, 0.25) is 5.91 Å². The second-order valence-corrected chi connectivity index (χ2v) is 11.3. The van der Waals surface area contributed by atoms with Crippen molar-refractivity contribution >= 4 is 56.6 Å². The average Bonchev–Trinajstić information content (AvgIpc) is 3.52. The van der Waals surface area contributed by atoms with Crippen LogP contribution in [-0.4, -0.2) is 33.6 Å². The Bertz CT molecular complexity index is 1820. The fourth-order valence-electron chi connectivity index (χ4n) is 4.96. The van der Waals surface area contributed by atoms with Crippen LogP contribution in [0.3, 0.4) is 0 Å². The molecule has 3 amide bonds. The fourth-order valence-corrected chi connectivity index (χ4v) is 6.23. The summed E-state index contributed by atoms with van der Waals surface area (Å²) in [6.45, 7) is 1.96. The van der Waals surface area contributed by atoms with Gasteiger partial charge in [0, 0.05) is 17.1 Å². The van der Waals surface area contributed by atoms with Gasteiger partial charge in [-0.05, 0) is 72.6 Å². The largest absolute Gasteiger partial charge is 0.322 e. The number of hydrogen-bond donors (Lipinski definition) is 0. The van der Waals surface area contributed by atoms with E-state index in [1.54, 1.807) is 53.8 Å². The maximum Gasteiger partial charge on any atom is 0.257 e. The summed E-state index contributed by atoms with van der Waals surface area (Å²) < 4.78 is 15.7. The molecule has 2 heterocycles. The Morgan fingerprint density at radius 2 is 1.76 bits per heavy atom. The number of amides is 3. The van der Waals surface area contributed by atoms with Crippen molar-refractivity contribution in [2.24, 2.45) is 0 Å². The predicted molar refractivity (Wildman–Crippen MR) is 158 cm³/mol. The zero-order valence-electron chi connectivity index (χ0n) is 21.9. The molecular formula is C32H23ClFN3O3S. The molecule has 5 aromatic rings. The molecule has 0 spiro atoms.